The molecule has 0 aliphatic carbocycles. The van der Waals surface area contributed by atoms with Gasteiger partial charge in [-0.2, -0.15) is 5.10 Å². The van der Waals surface area contributed by atoms with Crippen LogP contribution in [0.5, 0.6) is 0 Å². The Morgan fingerprint density at radius 1 is 1.20 bits per heavy atom. The number of aromatic nitrogens is 3. The molecule has 1 aromatic carbocycles. The molecule has 30 heavy (non-hydrogen) atoms. The SMILES string of the molecule is Cc1ccc(NC(=O)COC(=O)c2cc(C(C)C)nc3c2cnn3C(C)C)c(F)c1. The minimum absolute atomic E-state index is 0.0354. The number of halogens is 1. The van der Waals surface area contributed by atoms with Gasteiger partial charge < -0.3 is 10.1 Å². The van der Waals surface area contributed by atoms with Gasteiger partial charge in [0, 0.05) is 11.7 Å². The van der Waals surface area contributed by atoms with Crippen molar-refractivity contribution in [3.8, 4) is 0 Å². The molecule has 8 heteroatoms. The van der Waals surface area contributed by atoms with Crippen LogP contribution in [-0.2, 0) is 9.53 Å². The average Bonchev–Trinajstić information content (AvgIpc) is 3.11. The molecular formula is C22H25FN4O3. The summed E-state index contributed by atoms with van der Waals surface area (Å²) in [6.07, 6.45) is 1.57. The molecule has 0 aliphatic heterocycles. The number of carbonyl (C=O) groups excluding carboxylic acids is 2. The van der Waals surface area contributed by atoms with Gasteiger partial charge in [-0.15, -0.1) is 0 Å². The largest absolute Gasteiger partial charge is 0.452 e. The zero-order valence-electron chi connectivity index (χ0n) is 17.7. The van der Waals surface area contributed by atoms with Gasteiger partial charge in [-0.1, -0.05) is 19.9 Å². The smallest absolute Gasteiger partial charge is 0.339 e. The van der Waals surface area contributed by atoms with Crippen LogP contribution in [0.25, 0.3) is 11.0 Å². The average molecular weight is 412 g/mol. The zero-order chi connectivity index (χ0) is 22.0. The van der Waals surface area contributed by atoms with Gasteiger partial charge in [-0.3, -0.25) is 4.79 Å². The molecule has 0 aliphatic rings. The van der Waals surface area contributed by atoms with Crippen molar-refractivity contribution in [1.82, 2.24) is 14.8 Å². The fourth-order valence-corrected chi connectivity index (χ4v) is 3.00. The van der Waals surface area contributed by atoms with Gasteiger partial charge in [0.1, 0.15) is 5.82 Å². The second-order valence-corrected chi connectivity index (χ2v) is 7.78. The second kappa shape index (κ2) is 8.61. The molecule has 2 aromatic heterocycles. The van der Waals surface area contributed by atoms with E-state index in [0.29, 0.717) is 16.6 Å². The molecule has 0 bridgehead atoms. The predicted molar refractivity (Wildman–Crippen MR) is 112 cm³/mol. The molecule has 0 saturated heterocycles. The first kappa shape index (κ1) is 21.4. The van der Waals surface area contributed by atoms with Gasteiger partial charge in [-0.25, -0.2) is 18.9 Å². The van der Waals surface area contributed by atoms with Crippen LogP contribution < -0.4 is 5.32 Å². The Bertz CT molecular complexity index is 1110. The summed E-state index contributed by atoms with van der Waals surface area (Å²) in [6.45, 7) is 9.11. The molecular weight excluding hydrogens is 387 g/mol. The molecule has 3 rings (SSSR count). The lowest BCUT2D eigenvalue weighted by atomic mass is 10.1. The van der Waals surface area contributed by atoms with E-state index in [2.05, 4.69) is 15.4 Å². The molecule has 0 saturated carbocycles. The van der Waals surface area contributed by atoms with Crippen molar-refractivity contribution in [1.29, 1.82) is 0 Å². The summed E-state index contributed by atoms with van der Waals surface area (Å²) < 4.78 is 20.8. The number of ether oxygens (including phenoxy) is 1. The van der Waals surface area contributed by atoms with Gasteiger partial charge in [0.2, 0.25) is 0 Å². The van der Waals surface area contributed by atoms with E-state index >= 15 is 0 Å². The van der Waals surface area contributed by atoms with Crippen LogP contribution in [0.2, 0.25) is 0 Å². The van der Waals surface area contributed by atoms with Crippen molar-refractivity contribution in [2.75, 3.05) is 11.9 Å². The van der Waals surface area contributed by atoms with E-state index in [4.69, 9.17) is 4.74 Å². The number of nitrogens with zero attached hydrogens (tertiary/aromatic N) is 3. The second-order valence-electron chi connectivity index (χ2n) is 7.78. The molecule has 0 radical (unpaired) electrons. The van der Waals surface area contributed by atoms with Crippen LogP contribution in [0.15, 0.2) is 30.5 Å². The lowest BCUT2D eigenvalue weighted by Gasteiger charge is -2.12. The lowest BCUT2D eigenvalue weighted by molar-refractivity contribution is -0.119. The van der Waals surface area contributed by atoms with Crippen LogP contribution in [0.1, 0.15) is 61.3 Å². The summed E-state index contributed by atoms with van der Waals surface area (Å²) in [4.78, 5) is 29.5. The number of amides is 1. The highest BCUT2D eigenvalue weighted by Gasteiger charge is 2.21. The first-order valence-corrected chi connectivity index (χ1v) is 9.78. The van der Waals surface area contributed by atoms with Crippen molar-refractivity contribution in [3.05, 3.63) is 53.1 Å². The molecule has 2 heterocycles. The zero-order valence-corrected chi connectivity index (χ0v) is 17.7. The lowest BCUT2D eigenvalue weighted by Crippen LogP contribution is -2.21. The molecule has 0 atom stereocenters. The molecule has 3 aromatic rings. The Morgan fingerprint density at radius 3 is 2.57 bits per heavy atom. The standard InChI is InChI=1S/C22H25FN4O3/c1-12(2)19-9-15(16-10-24-27(13(3)4)21(16)26-19)22(29)30-11-20(28)25-18-7-6-14(5)8-17(18)23/h6-10,12-13H,11H2,1-5H3,(H,25,28). The molecule has 7 nitrogen and oxygen atoms in total. The summed E-state index contributed by atoms with van der Waals surface area (Å²) >= 11 is 0. The monoisotopic (exact) mass is 412 g/mol. The maximum absolute atomic E-state index is 13.9. The Morgan fingerprint density at radius 2 is 1.93 bits per heavy atom. The van der Waals surface area contributed by atoms with E-state index in [1.165, 1.54) is 12.1 Å². The number of aryl methyl sites for hydroxylation is 1. The molecule has 1 N–H and O–H groups in total. The third kappa shape index (κ3) is 4.48. The number of hydrogen-bond donors (Lipinski definition) is 1. The van der Waals surface area contributed by atoms with E-state index in [9.17, 15) is 14.0 Å². The van der Waals surface area contributed by atoms with Crippen molar-refractivity contribution < 1.29 is 18.7 Å². The van der Waals surface area contributed by atoms with E-state index in [0.717, 1.165) is 11.3 Å². The summed E-state index contributed by atoms with van der Waals surface area (Å²) in [5, 5.41) is 7.30. The third-order valence-corrected chi connectivity index (χ3v) is 4.62. The van der Waals surface area contributed by atoms with E-state index in [1.807, 2.05) is 27.7 Å². The van der Waals surface area contributed by atoms with Gasteiger partial charge in [0.05, 0.1) is 22.8 Å². The number of nitrogens with one attached hydrogen (secondary N) is 1. The summed E-state index contributed by atoms with van der Waals surface area (Å²) in [5.74, 6) is -1.75. The Kier molecular flexibility index (Phi) is 6.14. The van der Waals surface area contributed by atoms with E-state index < -0.39 is 24.3 Å². The van der Waals surface area contributed by atoms with Crippen LogP contribution in [-0.4, -0.2) is 33.2 Å². The molecule has 1 amide bonds. The highest BCUT2D eigenvalue weighted by Crippen LogP contribution is 2.25. The van der Waals surface area contributed by atoms with Crippen molar-refractivity contribution in [2.45, 2.75) is 46.6 Å². The summed E-state index contributed by atoms with van der Waals surface area (Å²) in [6, 6.07) is 6.19. The minimum Gasteiger partial charge on any atom is -0.452 e. The van der Waals surface area contributed by atoms with Crippen LogP contribution in [0.3, 0.4) is 0 Å². The Hall–Kier alpha value is -3.29. The molecule has 0 fully saturated rings. The topological polar surface area (TPSA) is 86.1 Å². The van der Waals surface area contributed by atoms with Crippen molar-refractivity contribution in [3.63, 3.8) is 0 Å². The van der Waals surface area contributed by atoms with Crippen LogP contribution >= 0.6 is 0 Å². The van der Waals surface area contributed by atoms with E-state index in [-0.39, 0.29) is 17.6 Å². The van der Waals surface area contributed by atoms with Crippen LogP contribution in [0, 0.1) is 12.7 Å². The number of benzene rings is 1. The fourth-order valence-electron chi connectivity index (χ4n) is 3.00. The number of rotatable bonds is 6. The van der Waals surface area contributed by atoms with Crippen molar-refractivity contribution in [2.24, 2.45) is 0 Å². The number of fused-ring (bicyclic) bond motifs is 1. The van der Waals surface area contributed by atoms with Gasteiger partial charge >= 0.3 is 5.97 Å². The molecule has 0 unspecified atom stereocenters. The van der Waals surface area contributed by atoms with Gasteiger partial charge in [0.25, 0.3) is 5.91 Å². The normalized spacial score (nSPS) is 11.3. The highest BCUT2D eigenvalue weighted by atomic mass is 19.1. The van der Waals surface area contributed by atoms with Crippen LogP contribution in [0.4, 0.5) is 10.1 Å². The Labute approximate surface area is 174 Å². The molecule has 0 spiro atoms. The summed E-state index contributed by atoms with van der Waals surface area (Å²) in [7, 11) is 0. The van der Waals surface area contributed by atoms with Gasteiger partial charge in [-0.05, 0) is 50.5 Å². The number of esters is 1. The number of anilines is 1. The highest BCUT2D eigenvalue weighted by molar-refractivity contribution is 6.03. The predicted octanol–water partition coefficient (Wildman–Crippen LogP) is 4.38. The minimum atomic E-state index is -0.660. The maximum Gasteiger partial charge on any atom is 0.339 e. The third-order valence-electron chi connectivity index (χ3n) is 4.62. The Balaban J connectivity index is 1.80. The summed E-state index contributed by atoms with van der Waals surface area (Å²) in [5.41, 5.74) is 2.39. The van der Waals surface area contributed by atoms with E-state index in [1.54, 1.807) is 29.9 Å². The molecule has 158 valence electrons. The number of hydrogen-bond acceptors (Lipinski definition) is 5. The number of pyridine rings is 1. The first-order valence-electron chi connectivity index (χ1n) is 9.78. The quantitative estimate of drug-likeness (QED) is 0.607. The van der Waals surface area contributed by atoms with Crippen molar-refractivity contribution >= 4 is 28.6 Å². The maximum atomic E-state index is 13.9. The number of carbonyl (C=O) groups is 2. The fraction of sp³-hybridized carbons (Fsp3) is 0.364. The van der Waals surface area contributed by atoms with Gasteiger partial charge in [0.15, 0.2) is 12.3 Å². The first-order chi connectivity index (χ1) is 14.2.